The molecule has 0 saturated carbocycles. The van der Waals surface area contributed by atoms with Crippen LogP contribution in [0.1, 0.15) is 0 Å². The largest absolute Gasteiger partial charge is 0.408 e. The average Bonchev–Trinajstić information content (AvgIpc) is 1.88. The summed E-state index contributed by atoms with van der Waals surface area (Å²) in [5.74, 6) is 0. The molecule has 0 aliphatic carbocycles. The number of nitrogens with zero attached hydrogens (tertiary/aromatic N) is 1. The standard InChI is InChI=1S/C6H13N2O.Al.2H/c9-6-5-8-3-1-7-2-4-8;;;/h6-7,9H,1-5H2;;;. The van der Waals surface area contributed by atoms with Crippen LogP contribution in [-0.2, 0) is 0 Å². The van der Waals surface area contributed by atoms with Crippen LogP contribution < -0.4 is 5.32 Å². The smallest absolute Gasteiger partial charge is 0.260 e. The third-order valence-electron chi connectivity index (χ3n) is 1.73. The minimum absolute atomic E-state index is 0.0434. The second kappa shape index (κ2) is 4.32. The second-order valence-electron chi connectivity index (χ2n) is 2.90. The summed E-state index contributed by atoms with van der Waals surface area (Å²) in [6.07, 6.45) is 0. The normalized spacial score (nSPS) is 24.5. The van der Waals surface area contributed by atoms with E-state index in [1.54, 1.807) is 0 Å². The van der Waals surface area contributed by atoms with E-state index in [-0.39, 0.29) is 4.97 Å². The van der Waals surface area contributed by atoms with Crippen LogP contribution in [0, 0.1) is 0 Å². The van der Waals surface area contributed by atoms with Gasteiger partial charge in [0.15, 0.2) is 0 Å². The fourth-order valence-electron chi connectivity index (χ4n) is 1.27. The quantitative estimate of drug-likeness (QED) is 0.449. The molecule has 4 heteroatoms. The molecule has 0 amide bonds. The van der Waals surface area contributed by atoms with Crippen molar-refractivity contribution in [2.45, 2.75) is 4.97 Å². The molecule has 0 aromatic carbocycles. The summed E-state index contributed by atoms with van der Waals surface area (Å²) in [5.41, 5.74) is 0. The molecule has 0 radical (unpaired) electrons. The Morgan fingerprint density at radius 2 is 2.10 bits per heavy atom. The van der Waals surface area contributed by atoms with E-state index < -0.39 is 0 Å². The van der Waals surface area contributed by atoms with E-state index >= 15 is 0 Å². The molecular formula is C6H15AlN2O. The minimum Gasteiger partial charge on any atom is -0.408 e. The first-order valence-electron chi connectivity index (χ1n) is 3.90. The maximum Gasteiger partial charge on any atom is 0.260 e. The number of aliphatic hydroxyl groups is 1. The molecular weight excluding hydrogens is 143 g/mol. The van der Waals surface area contributed by atoms with Crippen molar-refractivity contribution < 1.29 is 5.11 Å². The molecule has 0 aromatic heterocycles. The fraction of sp³-hybridized carbons (Fsp3) is 1.00. The van der Waals surface area contributed by atoms with Gasteiger partial charge in [-0.25, -0.2) is 0 Å². The summed E-state index contributed by atoms with van der Waals surface area (Å²) >= 11 is 0.896. The molecule has 10 heavy (non-hydrogen) atoms. The highest BCUT2D eigenvalue weighted by Gasteiger charge is 2.10. The van der Waals surface area contributed by atoms with E-state index in [1.807, 2.05) is 0 Å². The van der Waals surface area contributed by atoms with E-state index in [0.29, 0.717) is 0 Å². The van der Waals surface area contributed by atoms with Gasteiger partial charge in [0.2, 0.25) is 0 Å². The van der Waals surface area contributed by atoms with Crippen molar-refractivity contribution >= 4 is 16.3 Å². The van der Waals surface area contributed by atoms with Crippen LogP contribution in [0.15, 0.2) is 0 Å². The van der Waals surface area contributed by atoms with E-state index in [2.05, 4.69) is 10.2 Å². The minimum atomic E-state index is -0.0434. The van der Waals surface area contributed by atoms with Gasteiger partial charge in [-0.1, -0.05) is 0 Å². The Labute approximate surface area is 69.8 Å². The average molecular weight is 158 g/mol. The van der Waals surface area contributed by atoms with Crippen molar-refractivity contribution in [1.29, 1.82) is 0 Å². The summed E-state index contributed by atoms with van der Waals surface area (Å²) < 4.78 is 0. The zero-order valence-corrected chi connectivity index (χ0v) is 8.51. The molecule has 1 unspecified atom stereocenters. The second-order valence-corrected chi connectivity index (χ2v) is 4.23. The molecule has 0 spiro atoms. The summed E-state index contributed by atoms with van der Waals surface area (Å²) in [5, 5.41) is 12.4. The van der Waals surface area contributed by atoms with Crippen LogP contribution in [0.2, 0.25) is 0 Å². The van der Waals surface area contributed by atoms with Crippen molar-refractivity contribution in [3.8, 4) is 0 Å². The zero-order valence-electron chi connectivity index (χ0n) is 6.51. The number of rotatable bonds is 2. The number of piperazine rings is 1. The van der Waals surface area contributed by atoms with E-state index in [1.165, 1.54) is 0 Å². The van der Waals surface area contributed by atoms with Gasteiger partial charge in [-0.3, -0.25) is 4.90 Å². The summed E-state index contributed by atoms with van der Waals surface area (Å²) in [6, 6.07) is 0. The fourth-order valence-corrected chi connectivity index (χ4v) is 1.78. The maximum atomic E-state index is 9.10. The molecule has 1 atom stereocenters. The van der Waals surface area contributed by atoms with Crippen LogP contribution in [0.4, 0.5) is 0 Å². The number of aliphatic hydroxyl groups excluding tert-OH is 1. The maximum absolute atomic E-state index is 9.10. The Balaban J connectivity index is 2.13. The van der Waals surface area contributed by atoms with E-state index in [0.717, 1.165) is 49.0 Å². The third kappa shape index (κ3) is 3.00. The lowest BCUT2D eigenvalue weighted by molar-refractivity contribution is 0.156. The topological polar surface area (TPSA) is 35.5 Å². The molecule has 1 aliphatic heterocycles. The van der Waals surface area contributed by atoms with Crippen LogP contribution in [0.5, 0.6) is 0 Å². The third-order valence-corrected chi connectivity index (χ3v) is 2.10. The molecule has 2 N–H and O–H groups in total. The van der Waals surface area contributed by atoms with Gasteiger partial charge in [0, 0.05) is 37.7 Å². The highest BCUT2D eigenvalue weighted by atomic mass is 27.0. The van der Waals surface area contributed by atoms with Gasteiger partial charge >= 0.3 is 0 Å². The number of hydrogen-bond acceptors (Lipinski definition) is 3. The molecule has 3 nitrogen and oxygen atoms in total. The molecule has 0 aromatic rings. The van der Waals surface area contributed by atoms with Gasteiger partial charge in [-0.05, 0) is 0 Å². The first-order valence-corrected chi connectivity index (χ1v) is 5.05. The number of β-amino-alcohol motifs (C(OH)–C–C–N with tert-alkyl or cyclic N) is 1. The van der Waals surface area contributed by atoms with Gasteiger partial charge in [0.05, 0.1) is 0 Å². The van der Waals surface area contributed by atoms with Crippen molar-refractivity contribution in [2.24, 2.45) is 0 Å². The predicted molar refractivity (Wildman–Crippen MR) is 43.9 cm³/mol. The Hall–Kier alpha value is 0.412. The zero-order chi connectivity index (χ0) is 7.40. The molecule has 1 heterocycles. The molecule has 1 rings (SSSR count). The number of hydrogen-bond donors (Lipinski definition) is 2. The van der Waals surface area contributed by atoms with Crippen molar-refractivity contribution in [3.05, 3.63) is 0 Å². The van der Waals surface area contributed by atoms with Crippen molar-refractivity contribution in [3.63, 3.8) is 0 Å². The summed E-state index contributed by atoms with van der Waals surface area (Å²) in [6.45, 7) is 5.23. The molecule has 1 fully saturated rings. The Kier molecular flexibility index (Phi) is 3.68. The number of nitrogens with one attached hydrogen (secondary N) is 1. The predicted octanol–water partition coefficient (Wildman–Crippen LogP) is -2.16. The SMILES string of the molecule is O[CH]([AlH2])CN1CCNCC1. The van der Waals surface area contributed by atoms with Crippen LogP contribution >= 0.6 is 0 Å². The first kappa shape index (κ1) is 8.51. The van der Waals surface area contributed by atoms with E-state index in [9.17, 15) is 0 Å². The van der Waals surface area contributed by atoms with Gasteiger partial charge in [0.1, 0.15) is 0 Å². The lowest BCUT2D eigenvalue weighted by atomic mass is 10.4. The Morgan fingerprint density at radius 3 is 2.60 bits per heavy atom. The molecule has 0 bridgehead atoms. The first-order chi connectivity index (χ1) is 4.79. The monoisotopic (exact) mass is 158 g/mol. The van der Waals surface area contributed by atoms with Gasteiger partial charge in [-0.2, -0.15) is 0 Å². The highest BCUT2D eigenvalue weighted by molar-refractivity contribution is 6.10. The van der Waals surface area contributed by atoms with Gasteiger partial charge < -0.3 is 10.4 Å². The Morgan fingerprint density at radius 1 is 1.50 bits per heavy atom. The van der Waals surface area contributed by atoms with Gasteiger partial charge in [0.25, 0.3) is 16.3 Å². The Bertz CT molecular complexity index is 93.7. The lowest BCUT2D eigenvalue weighted by Gasteiger charge is -2.28. The highest BCUT2D eigenvalue weighted by Crippen LogP contribution is 1.92. The lowest BCUT2D eigenvalue weighted by Crippen LogP contribution is -2.46. The van der Waals surface area contributed by atoms with Gasteiger partial charge in [-0.15, -0.1) is 0 Å². The summed E-state index contributed by atoms with van der Waals surface area (Å²) in [7, 11) is 0. The molecule has 58 valence electrons. The van der Waals surface area contributed by atoms with Crippen LogP contribution in [0.3, 0.4) is 0 Å². The van der Waals surface area contributed by atoms with Crippen molar-refractivity contribution in [1.82, 2.24) is 10.2 Å². The van der Waals surface area contributed by atoms with E-state index in [4.69, 9.17) is 5.11 Å². The van der Waals surface area contributed by atoms with Crippen molar-refractivity contribution in [2.75, 3.05) is 32.7 Å². The van der Waals surface area contributed by atoms with Crippen LogP contribution in [-0.4, -0.2) is 64.0 Å². The van der Waals surface area contributed by atoms with Crippen LogP contribution in [0.25, 0.3) is 0 Å². The summed E-state index contributed by atoms with van der Waals surface area (Å²) in [4.78, 5) is 2.27. The molecule has 1 aliphatic rings. The molecule has 1 saturated heterocycles.